The van der Waals surface area contributed by atoms with Crippen LogP contribution < -0.4 is 15.4 Å². The molecule has 0 saturated heterocycles. The molecule has 1 aliphatic rings. The maximum atomic E-state index is 13.8. The smallest absolute Gasteiger partial charge is 0.328 e. The van der Waals surface area contributed by atoms with E-state index >= 15 is 0 Å². The summed E-state index contributed by atoms with van der Waals surface area (Å²) in [5, 5.41) is 6.08. The van der Waals surface area contributed by atoms with E-state index in [1.54, 1.807) is 18.2 Å². The number of carbonyl (C=O) groups excluding carboxylic acids is 1. The first kappa shape index (κ1) is 16.3. The van der Waals surface area contributed by atoms with Crippen molar-refractivity contribution >= 4 is 23.0 Å². The minimum atomic E-state index is -0.340. The minimum absolute atomic E-state index is 0.248. The van der Waals surface area contributed by atoms with Crippen molar-refractivity contribution in [2.75, 3.05) is 11.9 Å². The van der Waals surface area contributed by atoms with Crippen molar-refractivity contribution in [3.05, 3.63) is 48.0 Å². The van der Waals surface area contributed by atoms with E-state index in [9.17, 15) is 9.18 Å². The van der Waals surface area contributed by atoms with Crippen molar-refractivity contribution in [1.82, 2.24) is 19.9 Å². The number of aromatic nitrogens is 3. The number of hydrogen-bond donors (Lipinski definition) is 2. The van der Waals surface area contributed by atoms with Gasteiger partial charge < -0.3 is 15.4 Å². The lowest BCUT2D eigenvalue weighted by molar-refractivity contribution is 0.228. The lowest BCUT2D eigenvalue weighted by Gasteiger charge is -2.20. The summed E-state index contributed by atoms with van der Waals surface area (Å²) >= 11 is 0. The molecule has 8 heteroatoms. The third-order valence-electron chi connectivity index (χ3n) is 4.28. The van der Waals surface area contributed by atoms with Gasteiger partial charge in [0.15, 0.2) is 5.65 Å². The summed E-state index contributed by atoms with van der Waals surface area (Å²) in [6.07, 6.45) is 1.44. The largest absolute Gasteiger partial charge is 0.491 e. The number of anilines is 1. The SMILES string of the molecule is C[C@@H]1Nc2ccc3ncn(c3n2)C(=O)N[C@@H](C)COc2ccc(F)cc21. The van der Waals surface area contributed by atoms with Crippen molar-refractivity contribution in [2.45, 2.75) is 25.9 Å². The van der Waals surface area contributed by atoms with Crippen LogP contribution in [-0.2, 0) is 0 Å². The first-order valence-electron chi connectivity index (χ1n) is 8.35. The van der Waals surface area contributed by atoms with Gasteiger partial charge in [-0.05, 0) is 44.2 Å². The molecule has 1 aromatic carbocycles. The number of carbonyl (C=O) groups is 1. The zero-order valence-corrected chi connectivity index (χ0v) is 14.4. The summed E-state index contributed by atoms with van der Waals surface area (Å²) in [6.45, 7) is 3.98. The summed E-state index contributed by atoms with van der Waals surface area (Å²) in [6, 6.07) is 7.12. The number of amides is 1. The van der Waals surface area contributed by atoms with Gasteiger partial charge in [0.1, 0.15) is 35.8 Å². The second-order valence-electron chi connectivity index (χ2n) is 6.36. The van der Waals surface area contributed by atoms with Crippen LogP contribution in [0.3, 0.4) is 0 Å². The molecule has 26 heavy (non-hydrogen) atoms. The van der Waals surface area contributed by atoms with Crippen LogP contribution in [0, 0.1) is 5.82 Å². The van der Waals surface area contributed by atoms with Crippen LogP contribution in [0.25, 0.3) is 11.2 Å². The highest BCUT2D eigenvalue weighted by atomic mass is 19.1. The van der Waals surface area contributed by atoms with Crippen LogP contribution >= 0.6 is 0 Å². The van der Waals surface area contributed by atoms with E-state index in [1.165, 1.54) is 23.0 Å². The molecule has 1 aliphatic heterocycles. The van der Waals surface area contributed by atoms with Crippen molar-refractivity contribution in [3.8, 4) is 5.75 Å². The fourth-order valence-corrected chi connectivity index (χ4v) is 2.95. The summed E-state index contributed by atoms with van der Waals surface area (Å²) in [5.41, 5.74) is 1.74. The molecule has 134 valence electrons. The highest BCUT2D eigenvalue weighted by Crippen LogP contribution is 2.29. The molecule has 2 bridgehead atoms. The number of nitrogens with one attached hydrogen (secondary N) is 2. The number of benzene rings is 1. The summed E-state index contributed by atoms with van der Waals surface area (Å²) < 4.78 is 21.0. The Morgan fingerprint density at radius 1 is 1.23 bits per heavy atom. The number of rotatable bonds is 0. The molecule has 0 aliphatic carbocycles. The minimum Gasteiger partial charge on any atom is -0.491 e. The zero-order chi connectivity index (χ0) is 18.3. The topological polar surface area (TPSA) is 81.1 Å². The summed E-state index contributed by atoms with van der Waals surface area (Å²) in [5.74, 6) is 0.782. The normalized spacial score (nSPS) is 20.2. The first-order chi connectivity index (χ1) is 12.5. The molecule has 2 atom stereocenters. The standard InChI is InChI=1S/C18H18FN5O2/c1-10-8-26-15-5-3-12(19)7-13(15)11(2)22-16-6-4-14-17(23-16)24(9-20-14)18(25)21-10/h3-7,9-11H,8H2,1-2H3,(H,21,25)(H,22,23)/t10-,11-/m0/s1. The van der Waals surface area contributed by atoms with Gasteiger partial charge in [-0.1, -0.05) is 0 Å². The monoisotopic (exact) mass is 355 g/mol. The Morgan fingerprint density at radius 3 is 2.92 bits per heavy atom. The molecule has 0 unspecified atom stereocenters. The number of pyridine rings is 1. The Bertz CT molecular complexity index is 987. The van der Waals surface area contributed by atoms with Crippen molar-refractivity contribution in [1.29, 1.82) is 0 Å². The second kappa shape index (κ2) is 6.29. The predicted octanol–water partition coefficient (Wildman–Crippen LogP) is 3.08. The van der Waals surface area contributed by atoms with E-state index in [1.807, 2.05) is 13.8 Å². The van der Waals surface area contributed by atoms with E-state index in [0.717, 1.165) is 0 Å². The zero-order valence-electron chi connectivity index (χ0n) is 14.4. The fraction of sp³-hybridized carbons (Fsp3) is 0.278. The molecule has 4 rings (SSSR count). The molecule has 0 saturated carbocycles. The molecule has 2 N–H and O–H groups in total. The van der Waals surface area contributed by atoms with Crippen LogP contribution in [0.1, 0.15) is 25.5 Å². The fourth-order valence-electron chi connectivity index (χ4n) is 2.95. The highest BCUT2D eigenvalue weighted by Gasteiger charge is 2.19. The number of ether oxygens (including phenoxy) is 1. The van der Waals surface area contributed by atoms with Crippen LogP contribution in [0.15, 0.2) is 36.7 Å². The van der Waals surface area contributed by atoms with Gasteiger partial charge in [0.05, 0.1) is 12.1 Å². The summed E-state index contributed by atoms with van der Waals surface area (Å²) in [4.78, 5) is 21.2. The number of nitrogens with zero attached hydrogens (tertiary/aromatic N) is 3. The molecule has 0 spiro atoms. The van der Waals surface area contributed by atoms with Crippen LogP contribution in [0.2, 0.25) is 0 Å². The van der Waals surface area contributed by atoms with Crippen LogP contribution in [0.4, 0.5) is 15.0 Å². The lowest BCUT2D eigenvalue weighted by Crippen LogP contribution is -2.39. The predicted molar refractivity (Wildman–Crippen MR) is 94.9 cm³/mol. The van der Waals surface area contributed by atoms with E-state index in [4.69, 9.17) is 4.74 Å². The first-order valence-corrected chi connectivity index (χ1v) is 8.35. The molecule has 0 radical (unpaired) electrons. The second-order valence-corrected chi connectivity index (χ2v) is 6.36. The number of imidazole rings is 1. The number of hydrogen-bond acceptors (Lipinski definition) is 5. The van der Waals surface area contributed by atoms with Crippen molar-refractivity contribution < 1.29 is 13.9 Å². The Balaban J connectivity index is 1.82. The Kier molecular flexibility index (Phi) is 3.95. The maximum absolute atomic E-state index is 13.8. The summed E-state index contributed by atoms with van der Waals surface area (Å²) in [7, 11) is 0. The van der Waals surface area contributed by atoms with Crippen molar-refractivity contribution in [2.24, 2.45) is 0 Å². The maximum Gasteiger partial charge on any atom is 0.328 e. The third-order valence-corrected chi connectivity index (χ3v) is 4.28. The van der Waals surface area contributed by atoms with Crippen molar-refractivity contribution in [3.63, 3.8) is 0 Å². The highest BCUT2D eigenvalue weighted by molar-refractivity contribution is 5.87. The third kappa shape index (κ3) is 2.94. The Labute approximate surface area is 149 Å². The molecule has 7 nitrogen and oxygen atoms in total. The van der Waals surface area contributed by atoms with Gasteiger partial charge in [-0.2, -0.15) is 0 Å². The van der Waals surface area contributed by atoms with Gasteiger partial charge in [0.2, 0.25) is 0 Å². The average molecular weight is 355 g/mol. The van der Waals surface area contributed by atoms with Gasteiger partial charge in [-0.25, -0.2) is 23.7 Å². The van der Waals surface area contributed by atoms with Gasteiger partial charge >= 0.3 is 6.03 Å². The Hall–Kier alpha value is -3.16. The van der Waals surface area contributed by atoms with Gasteiger partial charge in [-0.15, -0.1) is 0 Å². The van der Waals surface area contributed by atoms with Crippen LogP contribution in [-0.4, -0.2) is 33.2 Å². The average Bonchev–Trinajstić information content (AvgIpc) is 3.03. The quantitative estimate of drug-likeness (QED) is 0.648. The van der Waals surface area contributed by atoms with Gasteiger partial charge in [-0.3, -0.25) is 0 Å². The van der Waals surface area contributed by atoms with E-state index < -0.39 is 0 Å². The molecular weight excluding hydrogens is 337 g/mol. The molecule has 3 aromatic rings. The molecule has 0 fully saturated rings. The number of fused-ring (bicyclic) bond motifs is 2. The molecular formula is C18H18FN5O2. The molecule has 2 aromatic heterocycles. The lowest BCUT2D eigenvalue weighted by atomic mass is 10.1. The van der Waals surface area contributed by atoms with Crippen LogP contribution in [0.5, 0.6) is 5.75 Å². The Morgan fingerprint density at radius 2 is 2.08 bits per heavy atom. The van der Waals surface area contributed by atoms with E-state index in [-0.39, 0.29) is 30.5 Å². The number of halogens is 1. The van der Waals surface area contributed by atoms with Gasteiger partial charge in [0.25, 0.3) is 0 Å². The van der Waals surface area contributed by atoms with E-state index in [2.05, 4.69) is 20.6 Å². The van der Waals surface area contributed by atoms with E-state index in [0.29, 0.717) is 28.3 Å². The molecule has 3 heterocycles. The van der Waals surface area contributed by atoms with Gasteiger partial charge in [0, 0.05) is 5.56 Å². The molecule has 1 amide bonds.